The van der Waals surface area contributed by atoms with Crippen LogP contribution in [0.3, 0.4) is 0 Å². The van der Waals surface area contributed by atoms with Crippen molar-refractivity contribution in [3.63, 3.8) is 0 Å². The number of hydrogen-bond donors (Lipinski definition) is 2. The summed E-state index contributed by atoms with van der Waals surface area (Å²) in [5.74, 6) is 0.0284. The molecule has 0 bridgehead atoms. The summed E-state index contributed by atoms with van der Waals surface area (Å²) >= 11 is 0. The van der Waals surface area contributed by atoms with Gasteiger partial charge in [0.1, 0.15) is 0 Å². The van der Waals surface area contributed by atoms with Gasteiger partial charge in [0.25, 0.3) is 0 Å². The highest BCUT2D eigenvalue weighted by molar-refractivity contribution is 5.85. The van der Waals surface area contributed by atoms with Crippen LogP contribution in [0.4, 0.5) is 0 Å². The lowest BCUT2D eigenvalue weighted by Gasteiger charge is -2.22. The summed E-state index contributed by atoms with van der Waals surface area (Å²) in [7, 11) is 1.78. The highest BCUT2D eigenvalue weighted by Gasteiger charge is 2.24. The van der Waals surface area contributed by atoms with Crippen LogP contribution >= 0.6 is 0 Å². The minimum atomic E-state index is -0.505. The molecule has 0 fully saturated rings. The largest absolute Gasteiger partial charge is 0.354 e. The number of aryl methyl sites for hydroxylation is 1. The summed E-state index contributed by atoms with van der Waals surface area (Å²) in [6.07, 6.45) is 6.35. The van der Waals surface area contributed by atoms with Gasteiger partial charge in [-0.2, -0.15) is 0 Å². The zero-order valence-corrected chi connectivity index (χ0v) is 10.2. The highest BCUT2D eigenvalue weighted by atomic mass is 16.2. The zero-order chi connectivity index (χ0) is 12.0. The van der Waals surface area contributed by atoms with E-state index < -0.39 is 5.54 Å². The average Bonchev–Trinajstić information content (AvgIpc) is 2.76. The minimum absolute atomic E-state index is 0.0284. The number of amides is 1. The van der Waals surface area contributed by atoms with Gasteiger partial charge in [-0.05, 0) is 27.3 Å². The fourth-order valence-electron chi connectivity index (χ4n) is 1.22. The molecule has 2 N–H and O–H groups in total. The predicted molar refractivity (Wildman–Crippen MR) is 63.0 cm³/mol. The molecule has 0 aliphatic heterocycles. The van der Waals surface area contributed by atoms with Gasteiger partial charge in [0.2, 0.25) is 5.91 Å². The van der Waals surface area contributed by atoms with Crippen molar-refractivity contribution in [2.75, 3.05) is 13.6 Å². The van der Waals surface area contributed by atoms with Gasteiger partial charge in [0.05, 0.1) is 11.9 Å². The molecule has 1 rings (SSSR count). The molecule has 0 unspecified atom stereocenters. The molecule has 90 valence electrons. The van der Waals surface area contributed by atoms with Crippen LogP contribution in [0.25, 0.3) is 0 Å². The second-order valence-corrected chi connectivity index (χ2v) is 4.28. The van der Waals surface area contributed by atoms with Crippen LogP contribution in [0.1, 0.15) is 20.3 Å². The quantitative estimate of drug-likeness (QED) is 0.687. The molecule has 0 saturated heterocycles. The Morgan fingerprint density at radius 3 is 2.81 bits per heavy atom. The number of carbonyl (C=O) groups excluding carboxylic acids is 1. The molecule has 0 radical (unpaired) electrons. The monoisotopic (exact) mass is 224 g/mol. The molecule has 1 aromatic rings. The maximum Gasteiger partial charge on any atom is 0.239 e. The number of imidazole rings is 1. The Bertz CT molecular complexity index is 319. The Labute approximate surface area is 96.3 Å². The first-order valence-corrected chi connectivity index (χ1v) is 5.49. The summed E-state index contributed by atoms with van der Waals surface area (Å²) in [4.78, 5) is 15.6. The normalized spacial score (nSPS) is 11.4. The highest BCUT2D eigenvalue weighted by Crippen LogP contribution is 2.00. The topological polar surface area (TPSA) is 59.0 Å². The van der Waals surface area contributed by atoms with Crippen molar-refractivity contribution in [3.8, 4) is 0 Å². The Morgan fingerprint density at radius 1 is 1.50 bits per heavy atom. The van der Waals surface area contributed by atoms with E-state index in [1.807, 2.05) is 24.6 Å². The van der Waals surface area contributed by atoms with Gasteiger partial charge in [-0.15, -0.1) is 0 Å². The third kappa shape index (κ3) is 3.66. The maximum atomic E-state index is 11.7. The number of carbonyl (C=O) groups is 1. The average molecular weight is 224 g/mol. The number of likely N-dealkylation sites (N-methyl/N-ethyl adjacent to an activating group) is 1. The number of nitrogens with one attached hydrogen (secondary N) is 2. The van der Waals surface area contributed by atoms with Crippen LogP contribution < -0.4 is 10.6 Å². The molecule has 1 heterocycles. The maximum absolute atomic E-state index is 11.7. The van der Waals surface area contributed by atoms with E-state index in [4.69, 9.17) is 0 Å². The summed E-state index contributed by atoms with van der Waals surface area (Å²) in [6.45, 7) is 5.28. The lowest BCUT2D eigenvalue weighted by molar-refractivity contribution is -0.126. The van der Waals surface area contributed by atoms with E-state index in [2.05, 4.69) is 15.6 Å². The van der Waals surface area contributed by atoms with Crippen molar-refractivity contribution < 1.29 is 4.79 Å². The van der Waals surface area contributed by atoms with Gasteiger partial charge >= 0.3 is 0 Å². The lowest BCUT2D eigenvalue weighted by atomic mass is 10.1. The summed E-state index contributed by atoms with van der Waals surface area (Å²) < 4.78 is 2.00. The van der Waals surface area contributed by atoms with E-state index in [1.165, 1.54) is 0 Å². The molecular formula is C11H20N4O. The van der Waals surface area contributed by atoms with Crippen molar-refractivity contribution in [1.29, 1.82) is 0 Å². The number of nitrogens with zero attached hydrogens (tertiary/aromatic N) is 2. The first-order valence-electron chi connectivity index (χ1n) is 5.49. The second kappa shape index (κ2) is 5.65. The van der Waals surface area contributed by atoms with Crippen LogP contribution in [0, 0.1) is 0 Å². The van der Waals surface area contributed by atoms with Gasteiger partial charge in [-0.25, -0.2) is 4.98 Å². The lowest BCUT2D eigenvalue weighted by Crippen LogP contribution is -2.51. The van der Waals surface area contributed by atoms with E-state index in [1.54, 1.807) is 19.6 Å². The van der Waals surface area contributed by atoms with E-state index in [-0.39, 0.29) is 5.91 Å². The molecule has 0 aliphatic carbocycles. The van der Waals surface area contributed by atoms with Gasteiger partial charge in [0.15, 0.2) is 0 Å². The Kier molecular flexibility index (Phi) is 4.49. The van der Waals surface area contributed by atoms with Gasteiger partial charge in [0, 0.05) is 25.5 Å². The number of rotatable bonds is 6. The van der Waals surface area contributed by atoms with Crippen molar-refractivity contribution >= 4 is 5.91 Å². The number of aromatic nitrogens is 2. The molecule has 1 amide bonds. The van der Waals surface area contributed by atoms with E-state index >= 15 is 0 Å². The van der Waals surface area contributed by atoms with Gasteiger partial charge < -0.3 is 15.2 Å². The summed E-state index contributed by atoms with van der Waals surface area (Å²) in [5, 5.41) is 5.87. The van der Waals surface area contributed by atoms with Crippen LogP contribution in [0.5, 0.6) is 0 Å². The van der Waals surface area contributed by atoms with Crippen LogP contribution in [-0.4, -0.2) is 34.6 Å². The molecule has 5 nitrogen and oxygen atoms in total. The van der Waals surface area contributed by atoms with Gasteiger partial charge in [-0.3, -0.25) is 4.79 Å². The Balaban J connectivity index is 2.18. The van der Waals surface area contributed by atoms with Crippen molar-refractivity contribution in [3.05, 3.63) is 18.7 Å². The first kappa shape index (κ1) is 12.7. The van der Waals surface area contributed by atoms with E-state index in [0.29, 0.717) is 6.54 Å². The summed E-state index contributed by atoms with van der Waals surface area (Å²) in [6, 6.07) is 0. The smallest absolute Gasteiger partial charge is 0.239 e. The molecule has 0 spiro atoms. The molecule has 0 atom stereocenters. The molecule has 0 aromatic carbocycles. The fourth-order valence-corrected chi connectivity index (χ4v) is 1.22. The fraction of sp³-hybridized carbons (Fsp3) is 0.636. The third-order valence-electron chi connectivity index (χ3n) is 2.63. The van der Waals surface area contributed by atoms with Crippen LogP contribution in [0.15, 0.2) is 18.7 Å². The zero-order valence-electron chi connectivity index (χ0n) is 10.2. The SMILES string of the molecule is CNC(C)(C)C(=O)NCCCn1ccnc1. The van der Waals surface area contributed by atoms with Crippen LogP contribution in [0.2, 0.25) is 0 Å². The third-order valence-corrected chi connectivity index (χ3v) is 2.63. The second-order valence-electron chi connectivity index (χ2n) is 4.28. The minimum Gasteiger partial charge on any atom is -0.354 e. The van der Waals surface area contributed by atoms with Crippen molar-refractivity contribution in [2.24, 2.45) is 0 Å². The first-order chi connectivity index (χ1) is 7.56. The predicted octanol–water partition coefficient (Wildman–Crippen LogP) is 0.387. The Morgan fingerprint density at radius 2 is 2.25 bits per heavy atom. The van der Waals surface area contributed by atoms with Gasteiger partial charge in [-0.1, -0.05) is 0 Å². The number of hydrogen-bond acceptors (Lipinski definition) is 3. The molecular weight excluding hydrogens is 204 g/mol. The molecule has 1 aromatic heterocycles. The van der Waals surface area contributed by atoms with E-state index in [0.717, 1.165) is 13.0 Å². The van der Waals surface area contributed by atoms with E-state index in [9.17, 15) is 4.79 Å². The standard InChI is InChI=1S/C11H20N4O/c1-11(2,12-3)10(16)14-5-4-7-15-8-6-13-9-15/h6,8-9,12H,4-5,7H2,1-3H3,(H,14,16). The Hall–Kier alpha value is -1.36. The molecule has 0 aliphatic rings. The molecule has 5 heteroatoms. The van der Waals surface area contributed by atoms with Crippen molar-refractivity contribution in [1.82, 2.24) is 20.2 Å². The molecule has 16 heavy (non-hydrogen) atoms. The van der Waals surface area contributed by atoms with Crippen LogP contribution in [-0.2, 0) is 11.3 Å². The summed E-state index contributed by atoms with van der Waals surface area (Å²) in [5.41, 5.74) is -0.505. The molecule has 0 saturated carbocycles. The van der Waals surface area contributed by atoms with Crippen molar-refractivity contribution in [2.45, 2.75) is 32.4 Å².